The summed E-state index contributed by atoms with van der Waals surface area (Å²) in [5.41, 5.74) is 8.55. The first-order chi connectivity index (χ1) is 28.2. The van der Waals surface area contributed by atoms with E-state index in [-0.39, 0.29) is 0 Å². The van der Waals surface area contributed by atoms with E-state index in [0.717, 1.165) is 66.3 Å². The summed E-state index contributed by atoms with van der Waals surface area (Å²) in [4.78, 5) is 25.0. The number of hydrogen-bond donors (Lipinski definition) is 0. The van der Waals surface area contributed by atoms with Gasteiger partial charge in [-0.15, -0.1) is 0 Å². The lowest BCUT2D eigenvalue weighted by Gasteiger charge is -2.11. The number of para-hydroxylation sites is 4. The van der Waals surface area contributed by atoms with E-state index >= 15 is 0 Å². The summed E-state index contributed by atoms with van der Waals surface area (Å²) >= 11 is 0. The smallest absolute Gasteiger partial charge is 0.238 e. The van der Waals surface area contributed by atoms with Crippen LogP contribution in [0.15, 0.2) is 179 Å². The summed E-state index contributed by atoms with van der Waals surface area (Å²) in [5, 5.41) is 7.02. The normalized spacial score (nSPS) is 11.9. The maximum absolute atomic E-state index is 6.08. The van der Waals surface area contributed by atoms with Gasteiger partial charge in [0.05, 0.1) is 11.0 Å². The number of hydrogen-bond acceptors (Lipinski definition) is 7. The molecule has 8 aromatic carbocycles. The number of oxazole rings is 2. The van der Waals surface area contributed by atoms with Gasteiger partial charge in [-0.05, 0) is 82.2 Å². The summed E-state index contributed by atoms with van der Waals surface area (Å²) in [6.45, 7) is 0. The highest BCUT2D eigenvalue weighted by atomic mass is 16.4. The summed E-state index contributed by atoms with van der Waals surface area (Å²) in [6, 6.07) is 57.4. The highest BCUT2D eigenvalue weighted by molar-refractivity contribution is 6.28. The van der Waals surface area contributed by atoms with E-state index < -0.39 is 0 Å². The van der Waals surface area contributed by atoms with Gasteiger partial charge in [-0.25, -0.2) is 15.0 Å². The number of nitrogens with zero attached hydrogens (tertiary/aromatic N) is 6. The Morgan fingerprint density at radius 3 is 1.25 bits per heavy atom. The Kier molecular flexibility index (Phi) is 6.76. The van der Waals surface area contributed by atoms with Crippen molar-refractivity contribution >= 4 is 65.6 Å². The van der Waals surface area contributed by atoms with Crippen LogP contribution in [-0.2, 0) is 0 Å². The van der Waals surface area contributed by atoms with Gasteiger partial charge in [0.1, 0.15) is 11.0 Å². The summed E-state index contributed by atoms with van der Waals surface area (Å²) in [7, 11) is 0. The Hall–Kier alpha value is -7.97. The van der Waals surface area contributed by atoms with E-state index in [1.54, 1.807) is 0 Å². The Labute approximate surface area is 324 Å². The van der Waals surface area contributed by atoms with Gasteiger partial charge in [-0.3, -0.25) is 4.57 Å². The molecule has 0 unspecified atom stereocenters. The lowest BCUT2D eigenvalue weighted by Crippen LogP contribution is -2.06. The molecule has 0 saturated carbocycles. The number of aromatic nitrogens is 6. The largest absolute Gasteiger partial charge is 0.436 e. The Morgan fingerprint density at radius 2 is 0.772 bits per heavy atom. The van der Waals surface area contributed by atoms with Crippen molar-refractivity contribution in [3.05, 3.63) is 170 Å². The Balaban J connectivity index is 1.07. The van der Waals surface area contributed by atoms with Crippen molar-refractivity contribution in [2.24, 2.45) is 0 Å². The van der Waals surface area contributed by atoms with Gasteiger partial charge in [-0.1, -0.05) is 109 Å². The molecule has 0 spiro atoms. The molecular formula is C49H28N6O2. The number of rotatable bonds is 5. The minimum absolute atomic E-state index is 0.520. The summed E-state index contributed by atoms with van der Waals surface area (Å²) in [5.74, 6) is 2.72. The minimum Gasteiger partial charge on any atom is -0.436 e. The molecule has 8 nitrogen and oxygen atoms in total. The van der Waals surface area contributed by atoms with E-state index in [1.807, 2.05) is 97.1 Å². The third-order valence-corrected chi connectivity index (χ3v) is 10.7. The van der Waals surface area contributed by atoms with Crippen LogP contribution in [-0.4, -0.2) is 29.5 Å². The van der Waals surface area contributed by atoms with E-state index in [0.29, 0.717) is 29.4 Å². The van der Waals surface area contributed by atoms with Gasteiger partial charge in [0, 0.05) is 33.0 Å². The first kappa shape index (κ1) is 31.4. The average Bonchev–Trinajstić information content (AvgIpc) is 4.01. The fraction of sp³-hybridized carbons (Fsp3) is 0. The molecule has 8 heteroatoms. The molecule has 0 atom stereocenters. The van der Waals surface area contributed by atoms with Crippen molar-refractivity contribution in [1.29, 1.82) is 0 Å². The predicted octanol–water partition coefficient (Wildman–Crippen LogP) is 12.2. The second-order valence-corrected chi connectivity index (χ2v) is 14.1. The van der Waals surface area contributed by atoms with E-state index in [1.165, 1.54) is 21.5 Å². The minimum atomic E-state index is 0.520. The van der Waals surface area contributed by atoms with Gasteiger partial charge < -0.3 is 8.83 Å². The maximum atomic E-state index is 6.08. The zero-order valence-electron chi connectivity index (χ0n) is 30.2. The van der Waals surface area contributed by atoms with Gasteiger partial charge >= 0.3 is 0 Å². The third kappa shape index (κ3) is 5.04. The SMILES string of the molecule is c1ccc2c(c1)ccc1c2c2c3ccccc3ccc2n1-c1nc(-c2ccc(-c3nc4ccccc4o3)cc2)nc(-c2ccc(-c3nc4ccccc4o3)cc2)n1. The van der Waals surface area contributed by atoms with Gasteiger partial charge in [0.25, 0.3) is 0 Å². The van der Waals surface area contributed by atoms with Crippen molar-refractivity contribution in [2.45, 2.75) is 0 Å². The molecule has 0 aliphatic rings. The molecular weight excluding hydrogens is 705 g/mol. The zero-order chi connectivity index (χ0) is 37.5. The van der Waals surface area contributed by atoms with E-state index in [4.69, 9.17) is 33.8 Å². The van der Waals surface area contributed by atoms with Crippen LogP contribution >= 0.6 is 0 Å². The van der Waals surface area contributed by atoms with Crippen LogP contribution in [0.5, 0.6) is 0 Å². The lowest BCUT2D eigenvalue weighted by atomic mass is 10.00. The van der Waals surface area contributed by atoms with Crippen LogP contribution in [0, 0.1) is 0 Å². The molecule has 0 fully saturated rings. The molecule has 266 valence electrons. The molecule has 0 aliphatic carbocycles. The molecule has 0 amide bonds. The fourth-order valence-corrected chi connectivity index (χ4v) is 8.00. The van der Waals surface area contributed by atoms with Crippen LogP contribution in [0.1, 0.15) is 0 Å². The monoisotopic (exact) mass is 732 g/mol. The van der Waals surface area contributed by atoms with Crippen molar-refractivity contribution < 1.29 is 8.83 Å². The number of fused-ring (bicyclic) bond motifs is 9. The highest BCUT2D eigenvalue weighted by Gasteiger charge is 2.21. The molecule has 4 heterocycles. The van der Waals surface area contributed by atoms with Gasteiger partial charge in [0.15, 0.2) is 22.8 Å². The van der Waals surface area contributed by atoms with Crippen molar-refractivity contribution in [1.82, 2.24) is 29.5 Å². The third-order valence-electron chi connectivity index (χ3n) is 10.7. The van der Waals surface area contributed by atoms with Crippen molar-refractivity contribution in [3.8, 4) is 51.6 Å². The molecule has 0 bridgehead atoms. The first-order valence-electron chi connectivity index (χ1n) is 18.7. The summed E-state index contributed by atoms with van der Waals surface area (Å²) in [6.07, 6.45) is 0. The van der Waals surface area contributed by atoms with Gasteiger partial charge in [-0.2, -0.15) is 9.97 Å². The summed E-state index contributed by atoms with van der Waals surface area (Å²) < 4.78 is 14.3. The maximum Gasteiger partial charge on any atom is 0.238 e. The molecule has 0 aliphatic heterocycles. The number of benzene rings is 8. The second-order valence-electron chi connectivity index (χ2n) is 14.1. The molecule has 57 heavy (non-hydrogen) atoms. The van der Waals surface area contributed by atoms with E-state index in [9.17, 15) is 0 Å². The molecule has 12 aromatic rings. The van der Waals surface area contributed by atoms with Gasteiger partial charge in [0.2, 0.25) is 17.7 Å². The molecule has 12 rings (SSSR count). The fourth-order valence-electron chi connectivity index (χ4n) is 8.00. The molecule has 4 aromatic heterocycles. The van der Waals surface area contributed by atoms with Crippen molar-refractivity contribution in [2.75, 3.05) is 0 Å². The second kappa shape index (κ2) is 12.3. The predicted molar refractivity (Wildman–Crippen MR) is 226 cm³/mol. The average molecular weight is 733 g/mol. The zero-order valence-corrected chi connectivity index (χ0v) is 30.2. The van der Waals surface area contributed by atoms with Crippen molar-refractivity contribution in [3.63, 3.8) is 0 Å². The molecule has 0 radical (unpaired) electrons. The van der Waals surface area contributed by atoms with Crippen LogP contribution in [0.2, 0.25) is 0 Å². The lowest BCUT2D eigenvalue weighted by molar-refractivity contribution is 0.619. The highest BCUT2D eigenvalue weighted by Crippen LogP contribution is 2.40. The van der Waals surface area contributed by atoms with Crippen LogP contribution < -0.4 is 0 Å². The van der Waals surface area contributed by atoms with Crippen LogP contribution in [0.4, 0.5) is 0 Å². The van der Waals surface area contributed by atoms with E-state index in [2.05, 4.69) is 77.4 Å². The molecule has 0 saturated heterocycles. The first-order valence-corrected chi connectivity index (χ1v) is 18.7. The quantitative estimate of drug-likeness (QED) is 0.174. The Morgan fingerprint density at radius 1 is 0.351 bits per heavy atom. The standard InChI is InChI=1S/C49H28N6O2/c1-3-11-35-29(9-1)25-27-39-43(35)44-36-12-4-2-10-30(36)26-28-40(44)55(39)49-53-45(31-17-21-33(22-18-31)47-50-37-13-5-7-15-41(37)56-47)52-46(54-49)32-19-23-34(24-20-32)48-51-38-14-6-8-16-42(38)57-48/h1-28H. The van der Waals surface area contributed by atoms with Crippen LogP contribution in [0.3, 0.4) is 0 Å². The molecule has 0 N–H and O–H groups in total. The van der Waals surface area contributed by atoms with Crippen LogP contribution in [0.25, 0.3) is 117 Å². The Bertz CT molecular complexity index is 3230. The topological polar surface area (TPSA) is 95.7 Å².